The van der Waals surface area contributed by atoms with Crippen molar-refractivity contribution >= 4 is 60.7 Å². The molecule has 268 valence electrons. The quantitative estimate of drug-likeness (QED) is 0.149. The van der Waals surface area contributed by atoms with Crippen molar-refractivity contribution in [2.75, 3.05) is 18.1 Å². The number of nitrogens with zero attached hydrogens (tertiary/aromatic N) is 1. The predicted octanol–water partition coefficient (Wildman–Crippen LogP) is 8.76. The van der Waals surface area contributed by atoms with Crippen LogP contribution in [0.2, 0.25) is 5.02 Å². The normalized spacial score (nSPS) is 17.3. The zero-order valence-electron chi connectivity index (χ0n) is 28.3. The molecule has 2 amide bonds. The molecule has 0 spiro atoms. The highest BCUT2D eigenvalue weighted by Crippen LogP contribution is 2.42. The Morgan fingerprint density at radius 2 is 1.64 bits per heavy atom. The number of halogens is 3. The number of rotatable bonds is 10. The average molecular weight is 748 g/mol. The summed E-state index contributed by atoms with van der Waals surface area (Å²) in [6.07, 6.45) is 2.40. The van der Waals surface area contributed by atoms with Crippen LogP contribution < -0.4 is 14.8 Å². The number of sulfonamides is 1. The lowest BCUT2D eigenvalue weighted by Crippen LogP contribution is -2.50. The number of thiophene rings is 1. The number of benzene rings is 3. The van der Waals surface area contributed by atoms with Crippen molar-refractivity contribution in [3.63, 3.8) is 0 Å². The molecule has 1 aliphatic rings. The Morgan fingerprint density at radius 3 is 2.20 bits per heavy atom. The molecule has 14 heteroatoms. The molecule has 1 atom stereocenters. The Balaban J connectivity index is 1.52. The fraction of sp³-hybridized carbons (Fsp3) is 0.389. The number of anilines is 1. The highest BCUT2D eigenvalue weighted by atomic mass is 35.5. The van der Waals surface area contributed by atoms with E-state index in [-0.39, 0.29) is 49.9 Å². The van der Waals surface area contributed by atoms with Crippen LogP contribution in [-0.2, 0) is 16.6 Å². The van der Waals surface area contributed by atoms with Crippen LogP contribution in [0.1, 0.15) is 61.7 Å². The topological polar surface area (TPSA) is 125 Å². The second-order valence-corrected chi connectivity index (χ2v) is 16.9. The number of fused-ring (bicyclic) bond motifs is 1. The first-order chi connectivity index (χ1) is 23.5. The van der Waals surface area contributed by atoms with Crippen LogP contribution in [0, 0.1) is 23.0 Å². The number of carbonyl (C=O) groups is 2. The molecule has 0 saturated heterocycles. The summed E-state index contributed by atoms with van der Waals surface area (Å²) < 4.78 is 61.1. The van der Waals surface area contributed by atoms with E-state index in [4.69, 9.17) is 16.3 Å². The SMILES string of the molecule is COc1ccc(-c2ccc(NS(C)(=O)=O)cc2)cc1CN(C(=O)c1sc2c(F)ccc(F)c2c1Cl)C1CCC(C(NC(=O)O)C(C)(C)C)CC1. The van der Waals surface area contributed by atoms with Gasteiger partial charge in [-0.1, -0.05) is 50.6 Å². The zero-order valence-corrected chi connectivity index (χ0v) is 30.7. The van der Waals surface area contributed by atoms with E-state index in [1.165, 1.54) is 7.11 Å². The highest BCUT2D eigenvalue weighted by molar-refractivity contribution is 7.92. The van der Waals surface area contributed by atoms with Crippen molar-refractivity contribution in [2.24, 2.45) is 11.3 Å². The van der Waals surface area contributed by atoms with Gasteiger partial charge in [0.2, 0.25) is 10.0 Å². The average Bonchev–Trinajstić information content (AvgIpc) is 3.41. The summed E-state index contributed by atoms with van der Waals surface area (Å²) in [5.41, 5.74) is 2.34. The Morgan fingerprint density at radius 1 is 1.02 bits per heavy atom. The lowest BCUT2D eigenvalue weighted by molar-refractivity contribution is 0.0543. The van der Waals surface area contributed by atoms with Gasteiger partial charge in [0.05, 0.1) is 28.5 Å². The van der Waals surface area contributed by atoms with Crippen LogP contribution in [0.4, 0.5) is 19.3 Å². The summed E-state index contributed by atoms with van der Waals surface area (Å²) in [6.45, 7) is 6.06. The van der Waals surface area contributed by atoms with Gasteiger partial charge in [-0.05, 0) is 84.5 Å². The molecule has 1 aromatic heterocycles. The maximum Gasteiger partial charge on any atom is 0.404 e. The first kappa shape index (κ1) is 37.3. The van der Waals surface area contributed by atoms with Crippen LogP contribution in [0.5, 0.6) is 5.75 Å². The van der Waals surface area contributed by atoms with Crippen molar-refractivity contribution in [1.29, 1.82) is 0 Å². The van der Waals surface area contributed by atoms with Gasteiger partial charge in [0.15, 0.2) is 0 Å². The Kier molecular flexibility index (Phi) is 11.0. The van der Waals surface area contributed by atoms with E-state index in [0.29, 0.717) is 42.7 Å². The van der Waals surface area contributed by atoms with E-state index in [9.17, 15) is 31.9 Å². The number of nitrogens with one attached hydrogen (secondary N) is 2. The lowest BCUT2D eigenvalue weighted by Gasteiger charge is -2.43. The molecule has 1 heterocycles. The van der Waals surface area contributed by atoms with E-state index in [1.807, 2.05) is 32.9 Å². The van der Waals surface area contributed by atoms with Crippen molar-refractivity contribution in [1.82, 2.24) is 10.2 Å². The van der Waals surface area contributed by atoms with E-state index < -0.39 is 33.7 Å². The third-order valence-corrected chi connectivity index (χ3v) is 11.4. The van der Waals surface area contributed by atoms with Crippen LogP contribution >= 0.6 is 22.9 Å². The van der Waals surface area contributed by atoms with E-state index >= 15 is 0 Å². The van der Waals surface area contributed by atoms with Gasteiger partial charge in [-0.3, -0.25) is 9.52 Å². The van der Waals surface area contributed by atoms with Crippen molar-refractivity contribution in [3.05, 3.63) is 81.7 Å². The molecule has 3 N–H and O–H groups in total. The van der Waals surface area contributed by atoms with Gasteiger partial charge < -0.3 is 20.1 Å². The summed E-state index contributed by atoms with van der Waals surface area (Å²) in [7, 11) is -1.92. The number of hydrogen-bond donors (Lipinski definition) is 3. The molecule has 1 fully saturated rings. The molecule has 5 rings (SSSR count). The Bertz CT molecular complexity index is 2010. The standard InChI is InChI=1S/C36H40ClF2N3O6S2/c1-36(2,3)33(40-35(44)45)21-8-13-25(14-9-21)42(34(43)32-30(37)29-26(38)15-16-27(39)31(29)49-32)19-23-18-22(10-17-28(23)48-4)20-6-11-24(12-7-20)41-50(5,46)47/h6-7,10-12,15-18,21,25,33,40-41H,8-9,13-14,19H2,1-5H3,(H,44,45). The molecule has 0 bridgehead atoms. The fourth-order valence-corrected chi connectivity index (χ4v) is 8.93. The maximum absolute atomic E-state index is 14.9. The van der Waals surface area contributed by atoms with Crippen molar-refractivity contribution in [3.8, 4) is 16.9 Å². The highest BCUT2D eigenvalue weighted by Gasteiger charge is 2.39. The minimum atomic E-state index is -3.45. The minimum Gasteiger partial charge on any atom is -0.496 e. The fourth-order valence-electron chi connectivity index (χ4n) is 6.86. The number of ether oxygens (including phenoxy) is 1. The summed E-state index contributed by atoms with van der Waals surface area (Å²) in [6, 6.07) is 13.8. The Hall–Kier alpha value is -3.94. The largest absolute Gasteiger partial charge is 0.496 e. The Labute approximate surface area is 299 Å². The molecule has 0 radical (unpaired) electrons. The summed E-state index contributed by atoms with van der Waals surface area (Å²) in [5, 5.41) is 12.0. The molecular formula is C36H40ClF2N3O6S2. The second kappa shape index (κ2) is 14.7. The molecule has 0 aliphatic heterocycles. The zero-order chi connectivity index (χ0) is 36.5. The number of carboxylic acid groups (broad SMARTS) is 1. The van der Waals surface area contributed by atoms with Gasteiger partial charge in [-0.25, -0.2) is 22.0 Å². The molecular weight excluding hydrogens is 708 g/mol. The smallest absolute Gasteiger partial charge is 0.404 e. The second-order valence-electron chi connectivity index (χ2n) is 13.8. The number of carbonyl (C=O) groups excluding carboxylic acids is 1. The number of hydrogen-bond acceptors (Lipinski definition) is 6. The van der Waals surface area contributed by atoms with Gasteiger partial charge in [0.1, 0.15) is 22.3 Å². The first-order valence-corrected chi connectivity index (χ1v) is 19.2. The van der Waals surface area contributed by atoms with Gasteiger partial charge in [-0.2, -0.15) is 0 Å². The molecule has 1 saturated carbocycles. The summed E-state index contributed by atoms with van der Waals surface area (Å²) in [4.78, 5) is 27.9. The third-order valence-electron chi connectivity index (χ3n) is 9.14. The predicted molar refractivity (Wildman–Crippen MR) is 194 cm³/mol. The summed E-state index contributed by atoms with van der Waals surface area (Å²) >= 11 is 7.43. The molecule has 1 unspecified atom stereocenters. The molecule has 1 aliphatic carbocycles. The number of amides is 2. The van der Waals surface area contributed by atoms with Crippen LogP contribution in [0.25, 0.3) is 21.2 Å². The molecule has 9 nitrogen and oxygen atoms in total. The lowest BCUT2D eigenvalue weighted by atomic mass is 9.72. The molecule has 4 aromatic rings. The number of methoxy groups -OCH3 is 1. The van der Waals surface area contributed by atoms with Gasteiger partial charge >= 0.3 is 6.09 Å². The van der Waals surface area contributed by atoms with Gasteiger partial charge in [-0.15, -0.1) is 11.3 Å². The van der Waals surface area contributed by atoms with Crippen LogP contribution in [-0.4, -0.2) is 55.9 Å². The maximum atomic E-state index is 14.9. The summed E-state index contributed by atoms with van der Waals surface area (Å²) in [5.74, 6) is -1.31. The third kappa shape index (κ3) is 8.33. The molecule has 3 aromatic carbocycles. The van der Waals surface area contributed by atoms with Crippen LogP contribution in [0.3, 0.4) is 0 Å². The van der Waals surface area contributed by atoms with Crippen LogP contribution in [0.15, 0.2) is 54.6 Å². The van der Waals surface area contributed by atoms with Crippen molar-refractivity contribution in [2.45, 2.75) is 65.1 Å². The monoisotopic (exact) mass is 747 g/mol. The van der Waals surface area contributed by atoms with E-state index in [2.05, 4.69) is 10.0 Å². The van der Waals surface area contributed by atoms with Gasteiger partial charge in [0, 0.05) is 29.9 Å². The van der Waals surface area contributed by atoms with E-state index in [1.54, 1.807) is 35.2 Å². The first-order valence-electron chi connectivity index (χ1n) is 16.1. The molecule has 50 heavy (non-hydrogen) atoms. The van der Waals surface area contributed by atoms with Gasteiger partial charge in [0.25, 0.3) is 5.91 Å². The van der Waals surface area contributed by atoms with Crippen molar-refractivity contribution < 1.29 is 36.6 Å². The minimum absolute atomic E-state index is 0.0250. The van der Waals surface area contributed by atoms with E-state index in [0.717, 1.165) is 40.9 Å².